The van der Waals surface area contributed by atoms with Gasteiger partial charge in [0, 0.05) is 31.9 Å². The van der Waals surface area contributed by atoms with Crippen molar-refractivity contribution in [3.8, 4) is 0 Å². The average Bonchev–Trinajstić information content (AvgIpc) is 2.46. The fourth-order valence-corrected chi connectivity index (χ4v) is 2.41. The number of carbonyl (C=O) groups is 1. The van der Waals surface area contributed by atoms with Crippen LogP contribution in [0.5, 0.6) is 0 Å². The summed E-state index contributed by atoms with van der Waals surface area (Å²) in [5.41, 5.74) is 7.80. The number of hydrogen-bond acceptors (Lipinski definition) is 5. The molecule has 2 N–H and O–H groups in total. The van der Waals surface area contributed by atoms with E-state index in [0.29, 0.717) is 11.3 Å². The van der Waals surface area contributed by atoms with Crippen molar-refractivity contribution in [1.82, 2.24) is 4.90 Å². The molecule has 5 nitrogen and oxygen atoms in total. The van der Waals surface area contributed by atoms with Crippen LogP contribution in [-0.4, -0.2) is 50.7 Å². The number of carbonyl (C=O) groups excluding carboxylic acids is 1. The number of piperazine rings is 1. The van der Waals surface area contributed by atoms with Gasteiger partial charge in [-0.1, -0.05) is 6.92 Å². The number of esters is 1. The highest BCUT2D eigenvalue weighted by Crippen LogP contribution is 2.25. The lowest BCUT2D eigenvalue weighted by Gasteiger charge is -2.36. The number of nitrogen functional groups attached to an aromatic ring is 1. The molecule has 0 atom stereocenters. The van der Waals surface area contributed by atoms with E-state index in [1.807, 2.05) is 12.1 Å². The Balaban J connectivity index is 2.22. The van der Waals surface area contributed by atoms with Gasteiger partial charge >= 0.3 is 5.97 Å². The van der Waals surface area contributed by atoms with Crippen molar-refractivity contribution in [2.45, 2.75) is 6.92 Å². The third-order valence-corrected chi connectivity index (χ3v) is 3.59. The second kappa shape index (κ2) is 5.93. The highest BCUT2D eigenvalue weighted by atomic mass is 16.5. The van der Waals surface area contributed by atoms with Gasteiger partial charge in [-0.05, 0) is 24.7 Å². The largest absolute Gasteiger partial charge is 0.465 e. The summed E-state index contributed by atoms with van der Waals surface area (Å²) in [7, 11) is 1.39. The molecule has 0 unspecified atom stereocenters. The number of ether oxygens (including phenoxy) is 1. The number of likely N-dealkylation sites (N-methyl/N-ethyl adjacent to an activating group) is 1. The Labute approximate surface area is 113 Å². The first-order valence-corrected chi connectivity index (χ1v) is 6.61. The van der Waals surface area contributed by atoms with E-state index >= 15 is 0 Å². The predicted octanol–water partition coefficient (Wildman–Crippen LogP) is 1.20. The van der Waals surface area contributed by atoms with Crippen molar-refractivity contribution in [3.63, 3.8) is 0 Å². The summed E-state index contributed by atoms with van der Waals surface area (Å²) < 4.78 is 4.83. The van der Waals surface area contributed by atoms with Crippen molar-refractivity contribution < 1.29 is 9.53 Å². The zero-order valence-corrected chi connectivity index (χ0v) is 11.6. The maximum absolute atomic E-state index is 11.8. The zero-order chi connectivity index (χ0) is 13.8. The van der Waals surface area contributed by atoms with Crippen molar-refractivity contribution in [1.29, 1.82) is 0 Å². The summed E-state index contributed by atoms with van der Waals surface area (Å²) in [6.45, 7) is 7.10. The quantitative estimate of drug-likeness (QED) is 0.656. The highest BCUT2D eigenvalue weighted by molar-refractivity contribution is 5.97. The number of benzene rings is 1. The maximum Gasteiger partial charge on any atom is 0.340 e. The number of rotatable bonds is 3. The van der Waals surface area contributed by atoms with Gasteiger partial charge in [-0.25, -0.2) is 4.79 Å². The van der Waals surface area contributed by atoms with Crippen LogP contribution in [0, 0.1) is 0 Å². The van der Waals surface area contributed by atoms with Crippen LogP contribution in [0.1, 0.15) is 17.3 Å². The molecule has 0 aromatic heterocycles. The number of anilines is 2. The molecule has 2 rings (SSSR count). The fraction of sp³-hybridized carbons (Fsp3) is 0.500. The van der Waals surface area contributed by atoms with Crippen LogP contribution in [0.2, 0.25) is 0 Å². The first-order valence-electron chi connectivity index (χ1n) is 6.61. The van der Waals surface area contributed by atoms with E-state index in [0.717, 1.165) is 38.4 Å². The minimum atomic E-state index is -0.333. The van der Waals surface area contributed by atoms with Crippen molar-refractivity contribution in [3.05, 3.63) is 23.8 Å². The van der Waals surface area contributed by atoms with Crippen LogP contribution >= 0.6 is 0 Å². The minimum absolute atomic E-state index is 0.333. The summed E-state index contributed by atoms with van der Waals surface area (Å²) >= 11 is 0. The number of hydrogen-bond donors (Lipinski definition) is 1. The molecule has 1 aromatic carbocycles. The third kappa shape index (κ3) is 2.98. The molecule has 0 saturated carbocycles. The van der Waals surface area contributed by atoms with Gasteiger partial charge in [0.1, 0.15) is 0 Å². The third-order valence-electron chi connectivity index (χ3n) is 3.59. The zero-order valence-electron chi connectivity index (χ0n) is 11.6. The normalized spacial score (nSPS) is 16.4. The smallest absolute Gasteiger partial charge is 0.340 e. The Bertz CT molecular complexity index is 454. The van der Waals surface area contributed by atoms with Crippen LogP contribution in [0.4, 0.5) is 11.4 Å². The van der Waals surface area contributed by atoms with E-state index in [9.17, 15) is 4.79 Å². The molecule has 1 aliphatic heterocycles. The standard InChI is InChI=1S/C14H21N3O2/c1-3-16-6-8-17(9-7-16)13-5-4-11(15)10-12(13)14(18)19-2/h4-5,10H,3,6-9,15H2,1-2H3. The van der Waals surface area contributed by atoms with Crippen LogP contribution in [0.15, 0.2) is 18.2 Å². The lowest BCUT2D eigenvalue weighted by Crippen LogP contribution is -2.46. The van der Waals surface area contributed by atoms with E-state index in [1.165, 1.54) is 7.11 Å². The van der Waals surface area contributed by atoms with E-state index < -0.39 is 0 Å². The SMILES string of the molecule is CCN1CCN(c2ccc(N)cc2C(=O)OC)CC1. The first-order chi connectivity index (χ1) is 9.15. The lowest BCUT2D eigenvalue weighted by atomic mass is 10.1. The molecule has 1 fully saturated rings. The van der Waals surface area contributed by atoms with Crippen molar-refractivity contribution >= 4 is 17.3 Å². The molecule has 19 heavy (non-hydrogen) atoms. The molecular weight excluding hydrogens is 242 g/mol. The Morgan fingerprint density at radius 3 is 2.58 bits per heavy atom. The average molecular weight is 263 g/mol. The van der Waals surface area contributed by atoms with Gasteiger partial charge in [0.15, 0.2) is 0 Å². The van der Waals surface area contributed by atoms with Gasteiger partial charge < -0.3 is 20.3 Å². The predicted molar refractivity (Wildman–Crippen MR) is 76.5 cm³/mol. The molecule has 0 radical (unpaired) electrons. The van der Waals surface area contributed by atoms with Gasteiger partial charge in [-0.2, -0.15) is 0 Å². The second-order valence-electron chi connectivity index (χ2n) is 4.69. The van der Waals surface area contributed by atoms with Crippen LogP contribution in [0.25, 0.3) is 0 Å². The Morgan fingerprint density at radius 2 is 2.00 bits per heavy atom. The van der Waals surface area contributed by atoms with E-state index in [-0.39, 0.29) is 5.97 Å². The van der Waals surface area contributed by atoms with Gasteiger partial charge in [0.25, 0.3) is 0 Å². The molecule has 5 heteroatoms. The molecule has 0 aliphatic carbocycles. The molecule has 0 bridgehead atoms. The summed E-state index contributed by atoms with van der Waals surface area (Å²) in [5.74, 6) is -0.333. The van der Waals surface area contributed by atoms with Crippen LogP contribution in [-0.2, 0) is 4.74 Å². The Morgan fingerprint density at radius 1 is 1.32 bits per heavy atom. The Kier molecular flexibility index (Phi) is 4.27. The van der Waals surface area contributed by atoms with Crippen molar-refractivity contribution in [2.24, 2.45) is 0 Å². The lowest BCUT2D eigenvalue weighted by molar-refractivity contribution is 0.0601. The van der Waals surface area contributed by atoms with E-state index in [4.69, 9.17) is 10.5 Å². The monoisotopic (exact) mass is 263 g/mol. The van der Waals surface area contributed by atoms with E-state index in [2.05, 4.69) is 16.7 Å². The minimum Gasteiger partial charge on any atom is -0.465 e. The second-order valence-corrected chi connectivity index (χ2v) is 4.69. The number of nitrogens with two attached hydrogens (primary N) is 1. The summed E-state index contributed by atoms with van der Waals surface area (Å²) in [5, 5.41) is 0. The highest BCUT2D eigenvalue weighted by Gasteiger charge is 2.21. The van der Waals surface area contributed by atoms with Gasteiger partial charge in [-0.15, -0.1) is 0 Å². The number of methoxy groups -OCH3 is 1. The summed E-state index contributed by atoms with van der Waals surface area (Å²) in [6.07, 6.45) is 0. The molecule has 1 aliphatic rings. The topological polar surface area (TPSA) is 58.8 Å². The molecule has 0 amide bonds. The first kappa shape index (κ1) is 13.7. The van der Waals surface area contributed by atoms with Crippen molar-refractivity contribution in [2.75, 3.05) is 50.5 Å². The van der Waals surface area contributed by atoms with Crippen LogP contribution < -0.4 is 10.6 Å². The summed E-state index contributed by atoms with van der Waals surface area (Å²) in [4.78, 5) is 16.4. The molecular formula is C14H21N3O2. The fourth-order valence-electron chi connectivity index (χ4n) is 2.41. The maximum atomic E-state index is 11.8. The number of nitrogens with zero attached hydrogens (tertiary/aromatic N) is 2. The van der Waals surface area contributed by atoms with Gasteiger partial charge in [0.05, 0.1) is 18.4 Å². The van der Waals surface area contributed by atoms with Crippen LogP contribution in [0.3, 0.4) is 0 Å². The Hall–Kier alpha value is -1.75. The van der Waals surface area contributed by atoms with E-state index in [1.54, 1.807) is 6.07 Å². The molecule has 0 spiro atoms. The molecule has 1 saturated heterocycles. The van der Waals surface area contributed by atoms with Gasteiger partial charge in [0.2, 0.25) is 0 Å². The molecule has 104 valence electrons. The van der Waals surface area contributed by atoms with Gasteiger partial charge in [-0.3, -0.25) is 0 Å². The summed E-state index contributed by atoms with van der Waals surface area (Å²) in [6, 6.07) is 5.42. The molecule has 1 aromatic rings. The molecule has 1 heterocycles.